The molecule has 1 unspecified atom stereocenters. The molecule has 0 saturated heterocycles. The Balaban J connectivity index is 3.38. The lowest BCUT2D eigenvalue weighted by Crippen LogP contribution is -2.30. The molecule has 19 heavy (non-hydrogen) atoms. The van der Waals surface area contributed by atoms with Crippen molar-refractivity contribution in [3.63, 3.8) is 0 Å². The van der Waals surface area contributed by atoms with Crippen molar-refractivity contribution in [2.75, 3.05) is 13.3 Å². The van der Waals surface area contributed by atoms with Gasteiger partial charge in [-0.05, 0) is 19.1 Å². The number of ether oxygens (including phenoxy) is 1. The molecule has 0 fully saturated rings. The zero-order valence-electron chi connectivity index (χ0n) is 12.4. The molecule has 1 aromatic carbocycles. The van der Waals surface area contributed by atoms with Crippen molar-refractivity contribution in [1.29, 1.82) is 0 Å². The van der Waals surface area contributed by atoms with Crippen LogP contribution in [0, 0.1) is 0 Å². The fourth-order valence-electron chi connectivity index (χ4n) is 2.59. The Morgan fingerprint density at radius 2 is 1.89 bits per heavy atom. The summed E-state index contributed by atoms with van der Waals surface area (Å²) in [5.41, 5.74) is 0. The molecule has 4 heteroatoms. The van der Waals surface area contributed by atoms with Crippen molar-refractivity contribution in [2.24, 2.45) is 0 Å². The minimum absolute atomic E-state index is 0.0635. The Morgan fingerprint density at radius 3 is 2.37 bits per heavy atom. The van der Waals surface area contributed by atoms with E-state index in [2.05, 4.69) is 0 Å². The number of benzene rings is 1. The average molecular weight is 282 g/mol. The van der Waals surface area contributed by atoms with Gasteiger partial charge in [-0.1, -0.05) is 32.9 Å². The summed E-state index contributed by atoms with van der Waals surface area (Å²) in [4.78, 5) is 11.5. The van der Waals surface area contributed by atoms with Crippen LogP contribution in [-0.4, -0.2) is 24.2 Å². The van der Waals surface area contributed by atoms with Crippen LogP contribution in [0.4, 0.5) is 0 Å². The number of Topliss-reactive ketones (excluding diaryl/α,β-unsaturated/α-hetero) is 1. The van der Waals surface area contributed by atoms with Crippen molar-refractivity contribution >= 4 is 18.2 Å². The van der Waals surface area contributed by atoms with Gasteiger partial charge in [-0.2, -0.15) is 0 Å². The van der Waals surface area contributed by atoms with Gasteiger partial charge >= 0.3 is 0 Å². The van der Waals surface area contributed by atoms with E-state index in [0.29, 0.717) is 18.3 Å². The van der Waals surface area contributed by atoms with Gasteiger partial charge in [0.25, 0.3) is 0 Å². The molecule has 1 aromatic rings. The summed E-state index contributed by atoms with van der Waals surface area (Å²) in [6.45, 7) is 7.27. The van der Waals surface area contributed by atoms with Gasteiger partial charge in [0.05, 0.1) is 12.4 Å². The van der Waals surface area contributed by atoms with Crippen LogP contribution in [-0.2, 0) is 9.36 Å². The topological polar surface area (TPSA) is 43.4 Å². The molecule has 3 nitrogen and oxygen atoms in total. The molecule has 0 aliphatic rings. The van der Waals surface area contributed by atoms with Crippen molar-refractivity contribution in [2.45, 2.75) is 39.3 Å². The van der Waals surface area contributed by atoms with E-state index in [1.54, 1.807) is 14.0 Å². The minimum atomic E-state index is -2.71. The number of rotatable bonds is 6. The number of para-hydroxylation sites is 1. The summed E-state index contributed by atoms with van der Waals surface area (Å²) in [6, 6.07) is 7.40. The first-order valence-corrected chi connectivity index (χ1v) is 8.40. The van der Waals surface area contributed by atoms with Gasteiger partial charge in [-0.25, -0.2) is 0 Å². The number of ketones is 1. The fraction of sp³-hybridized carbons (Fsp3) is 0.533. The summed E-state index contributed by atoms with van der Waals surface area (Å²) < 4.78 is 18.8. The van der Waals surface area contributed by atoms with Gasteiger partial charge in [-0.3, -0.25) is 4.79 Å². The molecular formula is C15H23O3P. The van der Waals surface area contributed by atoms with Crippen LogP contribution < -0.4 is 10.0 Å². The number of carbonyl (C=O) groups excluding carboxylic acids is 1. The normalized spacial score (nSPS) is 14.8. The predicted molar refractivity (Wildman–Crippen MR) is 80.2 cm³/mol. The number of methoxy groups -OCH3 is 1. The largest absolute Gasteiger partial charge is 0.496 e. The van der Waals surface area contributed by atoms with Crippen LogP contribution in [0.2, 0.25) is 0 Å². The zero-order chi connectivity index (χ0) is 14.7. The molecule has 0 amide bonds. The summed E-state index contributed by atoms with van der Waals surface area (Å²) in [7, 11) is -1.13. The van der Waals surface area contributed by atoms with E-state index < -0.39 is 12.3 Å². The molecule has 0 radical (unpaired) electrons. The fourth-order valence-corrected chi connectivity index (χ4v) is 5.77. The molecule has 0 aliphatic heterocycles. The summed E-state index contributed by atoms with van der Waals surface area (Å²) in [6.07, 6.45) is 0.837. The molecular weight excluding hydrogens is 259 g/mol. The maximum Gasteiger partial charge on any atom is 0.130 e. The van der Waals surface area contributed by atoms with Gasteiger partial charge < -0.3 is 9.30 Å². The summed E-state index contributed by atoms with van der Waals surface area (Å²) in [5.74, 6) is 0.706. The van der Waals surface area contributed by atoms with Crippen LogP contribution in [0.25, 0.3) is 0 Å². The van der Waals surface area contributed by atoms with E-state index in [1.165, 1.54) is 0 Å². The third-order valence-corrected chi connectivity index (χ3v) is 7.73. The SMILES string of the molecule is CCP(=O)(c1ccccc1OC)C(C)(C)CC(C)=O. The molecule has 0 aromatic heterocycles. The van der Waals surface area contributed by atoms with E-state index in [1.807, 2.05) is 45.0 Å². The lowest BCUT2D eigenvalue weighted by molar-refractivity contribution is -0.117. The second-order valence-electron chi connectivity index (χ2n) is 5.42. The van der Waals surface area contributed by atoms with E-state index in [9.17, 15) is 9.36 Å². The Morgan fingerprint density at radius 1 is 1.32 bits per heavy atom. The highest BCUT2D eigenvalue weighted by molar-refractivity contribution is 7.73. The van der Waals surface area contributed by atoms with Crippen molar-refractivity contribution in [3.05, 3.63) is 24.3 Å². The average Bonchev–Trinajstić information content (AvgIpc) is 2.36. The van der Waals surface area contributed by atoms with Gasteiger partial charge in [0.15, 0.2) is 0 Å². The molecule has 0 N–H and O–H groups in total. The summed E-state index contributed by atoms with van der Waals surface area (Å²) >= 11 is 0. The van der Waals surface area contributed by atoms with E-state index in [0.717, 1.165) is 5.30 Å². The highest BCUT2D eigenvalue weighted by atomic mass is 31.2. The predicted octanol–water partition coefficient (Wildman–Crippen LogP) is 3.46. The third-order valence-electron chi connectivity index (χ3n) is 3.58. The highest BCUT2D eigenvalue weighted by Crippen LogP contribution is 2.59. The zero-order valence-corrected chi connectivity index (χ0v) is 13.3. The van der Waals surface area contributed by atoms with E-state index in [-0.39, 0.29) is 5.78 Å². The Labute approximate surface area is 115 Å². The van der Waals surface area contributed by atoms with Crippen LogP contribution in [0.15, 0.2) is 24.3 Å². The van der Waals surface area contributed by atoms with Gasteiger partial charge in [0, 0.05) is 17.7 Å². The first-order valence-electron chi connectivity index (χ1n) is 6.50. The number of carbonyl (C=O) groups is 1. The lowest BCUT2D eigenvalue weighted by Gasteiger charge is -2.34. The smallest absolute Gasteiger partial charge is 0.130 e. The van der Waals surface area contributed by atoms with Crippen LogP contribution in [0.5, 0.6) is 5.75 Å². The molecule has 0 spiro atoms. The first kappa shape index (κ1) is 16.0. The van der Waals surface area contributed by atoms with Crippen LogP contribution >= 0.6 is 7.14 Å². The third kappa shape index (κ3) is 3.09. The lowest BCUT2D eigenvalue weighted by atomic mass is 10.1. The van der Waals surface area contributed by atoms with Gasteiger partial charge in [0.1, 0.15) is 18.7 Å². The maximum absolute atomic E-state index is 13.5. The molecule has 0 bridgehead atoms. The Kier molecular flexibility index (Phi) is 4.98. The Bertz CT molecular complexity index is 506. The maximum atomic E-state index is 13.5. The standard InChI is InChI=1S/C15H23O3P/c1-6-19(17,15(3,4)11-12(2)16)14-10-8-7-9-13(14)18-5/h7-10H,6,11H2,1-5H3. The molecule has 0 aliphatic carbocycles. The number of hydrogen-bond donors (Lipinski definition) is 0. The second kappa shape index (κ2) is 5.92. The van der Waals surface area contributed by atoms with Crippen molar-refractivity contribution < 1.29 is 14.1 Å². The monoisotopic (exact) mass is 282 g/mol. The number of hydrogen-bond acceptors (Lipinski definition) is 3. The van der Waals surface area contributed by atoms with Gasteiger partial charge in [0.2, 0.25) is 0 Å². The molecule has 0 heterocycles. The van der Waals surface area contributed by atoms with Crippen molar-refractivity contribution in [3.8, 4) is 5.75 Å². The van der Waals surface area contributed by atoms with Crippen molar-refractivity contribution in [1.82, 2.24) is 0 Å². The van der Waals surface area contributed by atoms with Crippen LogP contribution in [0.1, 0.15) is 34.1 Å². The quantitative estimate of drug-likeness (QED) is 0.750. The van der Waals surface area contributed by atoms with E-state index in [4.69, 9.17) is 4.74 Å². The van der Waals surface area contributed by atoms with E-state index >= 15 is 0 Å². The van der Waals surface area contributed by atoms with Gasteiger partial charge in [-0.15, -0.1) is 0 Å². The molecule has 106 valence electrons. The molecule has 0 saturated carbocycles. The minimum Gasteiger partial charge on any atom is -0.496 e. The summed E-state index contributed by atoms with van der Waals surface area (Å²) in [5, 5.41) is 0.189. The van der Waals surface area contributed by atoms with Crippen LogP contribution in [0.3, 0.4) is 0 Å². The second-order valence-corrected chi connectivity index (χ2v) is 9.22. The molecule has 1 rings (SSSR count). The molecule has 1 atom stereocenters. The first-order chi connectivity index (χ1) is 8.78. The Hall–Kier alpha value is -1.08. The highest BCUT2D eigenvalue weighted by Gasteiger charge is 2.42.